The smallest absolute Gasteiger partial charge is 0.360 e. The Hall–Kier alpha value is -4.58. The van der Waals surface area contributed by atoms with E-state index in [4.69, 9.17) is 10.5 Å². The van der Waals surface area contributed by atoms with E-state index in [2.05, 4.69) is 19.4 Å². The largest absolute Gasteiger partial charge is 0.421 e. The first-order valence-electron chi connectivity index (χ1n) is 10.0. The van der Waals surface area contributed by atoms with E-state index >= 15 is 0 Å². The second kappa shape index (κ2) is 10.8. The summed E-state index contributed by atoms with van der Waals surface area (Å²) in [5.74, 6) is -0.459. The molecule has 6 nitrogen and oxygen atoms in total. The van der Waals surface area contributed by atoms with Gasteiger partial charge in [0.1, 0.15) is 11.1 Å². The number of aromatic nitrogens is 2. The fourth-order valence-electron chi connectivity index (χ4n) is 3.01. The Morgan fingerprint density at radius 1 is 0.611 bits per heavy atom. The molecule has 0 N–H and O–H groups in total. The van der Waals surface area contributed by atoms with Gasteiger partial charge in [0.25, 0.3) is 0 Å². The summed E-state index contributed by atoms with van der Waals surface area (Å²) in [6, 6.07) is 16.4. The third-order valence-electron chi connectivity index (χ3n) is 4.80. The van der Waals surface area contributed by atoms with Gasteiger partial charge in [-0.05, 0) is 35.4 Å². The summed E-state index contributed by atoms with van der Waals surface area (Å²) >= 11 is 0. The first kappa shape index (κ1) is 26.0. The van der Waals surface area contributed by atoms with Gasteiger partial charge in [-0.1, -0.05) is 34.6 Å². The van der Waals surface area contributed by atoms with Gasteiger partial charge in [-0.25, -0.2) is 0 Å². The molecule has 0 atom stereocenters. The minimum atomic E-state index is -4.47. The van der Waals surface area contributed by atoms with Crippen molar-refractivity contribution in [2.45, 2.75) is 25.2 Å². The molecule has 0 fully saturated rings. The van der Waals surface area contributed by atoms with Gasteiger partial charge in [0.2, 0.25) is 0 Å². The summed E-state index contributed by atoms with van der Waals surface area (Å²) in [5.41, 5.74) is 0.408. The van der Waals surface area contributed by atoms with E-state index in [0.29, 0.717) is 34.6 Å². The molecule has 2 aromatic heterocycles. The number of rotatable bonds is 4. The average molecular weight is 504 g/mol. The lowest BCUT2D eigenvalue weighted by molar-refractivity contribution is -0.139. The van der Waals surface area contributed by atoms with Crippen LogP contribution in [0.25, 0.3) is 0 Å². The molecule has 0 bridgehead atoms. The molecule has 4 aromatic rings. The van der Waals surface area contributed by atoms with Crippen LogP contribution in [0.5, 0.6) is 0 Å². The number of hydrogen-bond donors (Lipinski definition) is 0. The predicted octanol–water partition coefficient (Wildman–Crippen LogP) is 6.31. The SMILES string of the molecule is N#Cc1ccc(Cc2oncc2C(F)(F)F)cc1.N#Cc1ccc(Cc2oncc2C(F)(F)F)cc1. The van der Waals surface area contributed by atoms with Gasteiger partial charge in [0.15, 0.2) is 11.5 Å². The molecule has 12 heteroatoms. The third-order valence-corrected chi connectivity index (χ3v) is 4.80. The second-order valence-corrected chi connectivity index (χ2v) is 7.29. The normalized spacial score (nSPS) is 11.2. The van der Waals surface area contributed by atoms with Gasteiger partial charge < -0.3 is 9.05 Å². The van der Waals surface area contributed by atoms with Crippen molar-refractivity contribution in [3.8, 4) is 12.1 Å². The zero-order valence-corrected chi connectivity index (χ0v) is 18.1. The van der Waals surface area contributed by atoms with Crippen LogP contribution < -0.4 is 0 Å². The van der Waals surface area contributed by atoms with Crippen molar-refractivity contribution >= 4 is 0 Å². The minimum Gasteiger partial charge on any atom is -0.360 e. The molecule has 0 spiro atoms. The molecular weight excluding hydrogens is 490 g/mol. The summed E-state index contributed by atoms with van der Waals surface area (Å²) in [4.78, 5) is 0. The van der Waals surface area contributed by atoms with E-state index in [1.807, 2.05) is 12.1 Å². The maximum absolute atomic E-state index is 12.6. The highest BCUT2D eigenvalue weighted by atomic mass is 19.4. The standard InChI is InChI=1S/2C12H7F3N2O/c2*13-12(14,15)10-7-17-18-11(10)5-8-1-3-9(6-16)4-2-8/h2*1-4,7H,5H2. The lowest BCUT2D eigenvalue weighted by Crippen LogP contribution is -2.06. The maximum atomic E-state index is 12.6. The van der Waals surface area contributed by atoms with Crippen molar-refractivity contribution in [3.05, 3.63) is 106 Å². The molecule has 0 aliphatic carbocycles. The molecule has 0 saturated carbocycles. The quantitative estimate of drug-likeness (QED) is 0.302. The Kier molecular flexibility index (Phi) is 7.80. The summed E-state index contributed by atoms with van der Waals surface area (Å²) in [6.45, 7) is 0. The second-order valence-electron chi connectivity index (χ2n) is 7.29. The number of benzene rings is 2. The topological polar surface area (TPSA) is 99.6 Å². The van der Waals surface area contributed by atoms with Gasteiger partial charge >= 0.3 is 12.4 Å². The molecule has 0 radical (unpaired) electrons. The Morgan fingerprint density at radius 3 is 1.22 bits per heavy atom. The number of alkyl halides is 6. The van der Waals surface area contributed by atoms with Crippen LogP contribution in [0.15, 0.2) is 70.0 Å². The van der Waals surface area contributed by atoms with Crippen LogP contribution in [0, 0.1) is 22.7 Å². The third kappa shape index (κ3) is 6.73. The Bertz CT molecular complexity index is 1260. The van der Waals surface area contributed by atoms with E-state index < -0.39 is 23.5 Å². The van der Waals surface area contributed by atoms with Crippen molar-refractivity contribution in [2.75, 3.05) is 0 Å². The van der Waals surface area contributed by atoms with Crippen LogP contribution in [-0.2, 0) is 25.2 Å². The lowest BCUT2D eigenvalue weighted by Gasteiger charge is -2.05. The zero-order valence-electron chi connectivity index (χ0n) is 18.1. The highest BCUT2D eigenvalue weighted by Gasteiger charge is 2.37. The monoisotopic (exact) mass is 504 g/mol. The van der Waals surface area contributed by atoms with Crippen LogP contribution in [0.3, 0.4) is 0 Å². The molecule has 2 aromatic carbocycles. The Morgan fingerprint density at radius 2 is 0.944 bits per heavy atom. The van der Waals surface area contributed by atoms with Crippen LogP contribution in [0.2, 0.25) is 0 Å². The van der Waals surface area contributed by atoms with E-state index in [0.717, 1.165) is 0 Å². The van der Waals surface area contributed by atoms with Gasteiger partial charge in [-0.15, -0.1) is 0 Å². The van der Waals surface area contributed by atoms with Gasteiger partial charge in [-0.2, -0.15) is 36.9 Å². The van der Waals surface area contributed by atoms with Crippen molar-refractivity contribution in [3.63, 3.8) is 0 Å². The number of nitriles is 2. The fourth-order valence-corrected chi connectivity index (χ4v) is 3.01. The van der Waals surface area contributed by atoms with Crippen molar-refractivity contribution in [2.24, 2.45) is 0 Å². The Balaban J connectivity index is 0.000000201. The van der Waals surface area contributed by atoms with E-state index in [1.165, 1.54) is 0 Å². The average Bonchev–Trinajstić information content (AvgIpc) is 3.50. The molecule has 184 valence electrons. The van der Waals surface area contributed by atoms with Gasteiger partial charge in [0.05, 0.1) is 35.7 Å². The lowest BCUT2D eigenvalue weighted by atomic mass is 10.1. The van der Waals surface area contributed by atoms with Gasteiger partial charge in [-0.3, -0.25) is 0 Å². The van der Waals surface area contributed by atoms with E-state index in [1.54, 1.807) is 48.5 Å². The van der Waals surface area contributed by atoms with Gasteiger partial charge in [0, 0.05) is 12.8 Å². The molecule has 0 aliphatic rings. The summed E-state index contributed by atoms with van der Waals surface area (Å²) in [6.07, 6.45) is -7.64. The van der Waals surface area contributed by atoms with Crippen LogP contribution in [0.1, 0.15) is 44.9 Å². The molecule has 2 heterocycles. The van der Waals surface area contributed by atoms with Crippen molar-refractivity contribution < 1.29 is 35.4 Å². The molecule has 0 saturated heterocycles. The van der Waals surface area contributed by atoms with E-state index in [-0.39, 0.29) is 24.4 Å². The molecule has 0 aliphatic heterocycles. The number of hydrogen-bond acceptors (Lipinski definition) is 6. The highest BCUT2D eigenvalue weighted by Crippen LogP contribution is 2.33. The van der Waals surface area contributed by atoms with Crippen molar-refractivity contribution in [1.29, 1.82) is 10.5 Å². The summed E-state index contributed by atoms with van der Waals surface area (Å²) < 4.78 is 84.6. The molecular formula is C24H14F6N4O2. The molecule has 0 amide bonds. The highest BCUT2D eigenvalue weighted by molar-refractivity contribution is 5.35. The number of nitrogens with zero attached hydrogens (tertiary/aromatic N) is 4. The molecule has 36 heavy (non-hydrogen) atoms. The molecule has 4 rings (SSSR count). The van der Waals surface area contributed by atoms with Crippen LogP contribution in [-0.4, -0.2) is 10.3 Å². The van der Waals surface area contributed by atoms with E-state index in [9.17, 15) is 26.3 Å². The summed E-state index contributed by atoms with van der Waals surface area (Å²) in [5, 5.41) is 23.6. The number of halogens is 6. The maximum Gasteiger partial charge on any atom is 0.421 e. The van der Waals surface area contributed by atoms with Crippen LogP contribution >= 0.6 is 0 Å². The fraction of sp³-hybridized carbons (Fsp3) is 0.167. The zero-order chi connectivity index (χ0) is 26.3. The minimum absolute atomic E-state index is 0.0133. The molecule has 0 unspecified atom stereocenters. The Labute approximate surface area is 200 Å². The predicted molar refractivity (Wildman–Crippen MR) is 111 cm³/mol. The first-order valence-corrected chi connectivity index (χ1v) is 10.0. The van der Waals surface area contributed by atoms with Crippen LogP contribution in [0.4, 0.5) is 26.3 Å². The first-order chi connectivity index (χ1) is 17.0. The summed E-state index contributed by atoms with van der Waals surface area (Å²) in [7, 11) is 0. The van der Waals surface area contributed by atoms with Crippen molar-refractivity contribution in [1.82, 2.24) is 10.3 Å².